The standard InChI is InChI=1S/C14H17NO5/c1-19-7-5-15(9-13(16)17)14(18)11-2-3-12-10(8-11)4-6-20-12/h2-3,8H,4-7,9H2,1H3,(H,16,17). The molecule has 0 unspecified atom stereocenters. The SMILES string of the molecule is COCCN(CC(=O)O)C(=O)c1ccc2c(c1)CCO2. The molecule has 1 aliphatic heterocycles. The normalized spacial score (nSPS) is 12.7. The monoisotopic (exact) mass is 279 g/mol. The summed E-state index contributed by atoms with van der Waals surface area (Å²) in [4.78, 5) is 24.5. The molecule has 1 aliphatic rings. The van der Waals surface area contributed by atoms with Crippen molar-refractivity contribution in [3.05, 3.63) is 29.3 Å². The first kappa shape index (κ1) is 14.3. The molecule has 20 heavy (non-hydrogen) atoms. The van der Waals surface area contributed by atoms with Gasteiger partial charge in [-0.1, -0.05) is 0 Å². The second kappa shape index (κ2) is 6.38. The van der Waals surface area contributed by atoms with E-state index < -0.39 is 5.97 Å². The molecule has 0 atom stereocenters. The molecule has 0 radical (unpaired) electrons. The fraction of sp³-hybridized carbons (Fsp3) is 0.429. The van der Waals surface area contributed by atoms with E-state index in [0.29, 0.717) is 18.8 Å². The first-order chi connectivity index (χ1) is 9.61. The summed E-state index contributed by atoms with van der Waals surface area (Å²) in [5, 5.41) is 8.88. The maximum atomic E-state index is 12.4. The van der Waals surface area contributed by atoms with Crippen molar-refractivity contribution in [2.45, 2.75) is 6.42 Å². The maximum Gasteiger partial charge on any atom is 0.323 e. The number of carbonyl (C=O) groups is 2. The van der Waals surface area contributed by atoms with Gasteiger partial charge in [-0.05, 0) is 23.8 Å². The number of ether oxygens (including phenoxy) is 2. The Balaban J connectivity index is 2.15. The van der Waals surface area contributed by atoms with Crippen LogP contribution < -0.4 is 4.74 Å². The number of carboxylic acid groups (broad SMARTS) is 1. The van der Waals surface area contributed by atoms with Crippen molar-refractivity contribution in [1.29, 1.82) is 0 Å². The zero-order valence-corrected chi connectivity index (χ0v) is 11.3. The van der Waals surface area contributed by atoms with Gasteiger partial charge >= 0.3 is 5.97 Å². The van der Waals surface area contributed by atoms with Crippen LogP contribution in [0, 0.1) is 0 Å². The third kappa shape index (κ3) is 3.27. The van der Waals surface area contributed by atoms with Gasteiger partial charge in [0.15, 0.2) is 0 Å². The average Bonchev–Trinajstić information content (AvgIpc) is 2.89. The first-order valence-electron chi connectivity index (χ1n) is 6.37. The van der Waals surface area contributed by atoms with Gasteiger partial charge in [0, 0.05) is 25.6 Å². The minimum absolute atomic E-state index is 0.245. The Bertz CT molecular complexity index is 514. The highest BCUT2D eigenvalue weighted by atomic mass is 16.5. The minimum Gasteiger partial charge on any atom is -0.493 e. The van der Waals surface area contributed by atoms with Crippen LogP contribution in [0.2, 0.25) is 0 Å². The lowest BCUT2D eigenvalue weighted by Crippen LogP contribution is -2.38. The highest BCUT2D eigenvalue weighted by molar-refractivity contribution is 5.96. The van der Waals surface area contributed by atoms with Crippen molar-refractivity contribution in [3.8, 4) is 5.75 Å². The first-order valence-corrected chi connectivity index (χ1v) is 6.37. The summed E-state index contributed by atoms with van der Waals surface area (Å²) < 4.78 is 10.3. The van der Waals surface area contributed by atoms with Gasteiger partial charge in [0.05, 0.1) is 13.2 Å². The van der Waals surface area contributed by atoms with E-state index >= 15 is 0 Å². The molecule has 6 heteroatoms. The number of hydrogen-bond acceptors (Lipinski definition) is 4. The van der Waals surface area contributed by atoms with E-state index in [4.69, 9.17) is 14.6 Å². The summed E-state index contributed by atoms with van der Waals surface area (Å²) >= 11 is 0. The Morgan fingerprint density at radius 1 is 1.45 bits per heavy atom. The van der Waals surface area contributed by atoms with E-state index in [2.05, 4.69) is 0 Å². The third-order valence-corrected chi connectivity index (χ3v) is 3.12. The largest absolute Gasteiger partial charge is 0.493 e. The number of aliphatic carboxylic acids is 1. The summed E-state index contributed by atoms with van der Waals surface area (Å²) in [5.41, 5.74) is 1.46. The number of carbonyl (C=O) groups excluding carboxylic acids is 1. The summed E-state index contributed by atoms with van der Waals surface area (Å²) in [6, 6.07) is 5.19. The van der Waals surface area contributed by atoms with Crippen LogP contribution in [-0.4, -0.2) is 55.3 Å². The van der Waals surface area contributed by atoms with E-state index in [1.165, 1.54) is 12.0 Å². The van der Waals surface area contributed by atoms with Gasteiger partial charge in [-0.15, -0.1) is 0 Å². The number of benzene rings is 1. The highest BCUT2D eigenvalue weighted by Crippen LogP contribution is 2.26. The molecule has 0 aliphatic carbocycles. The van der Waals surface area contributed by atoms with Gasteiger partial charge in [-0.2, -0.15) is 0 Å². The van der Waals surface area contributed by atoms with Crippen molar-refractivity contribution < 1.29 is 24.2 Å². The summed E-state index contributed by atoms with van der Waals surface area (Å²) in [5.74, 6) is -0.554. The van der Waals surface area contributed by atoms with E-state index in [9.17, 15) is 9.59 Å². The number of methoxy groups -OCH3 is 1. The molecular formula is C14H17NO5. The molecule has 1 N–H and O–H groups in total. The maximum absolute atomic E-state index is 12.4. The predicted octanol–water partition coefficient (Wildman–Crippen LogP) is 0.795. The van der Waals surface area contributed by atoms with Crippen LogP contribution in [0.15, 0.2) is 18.2 Å². The average molecular weight is 279 g/mol. The zero-order valence-electron chi connectivity index (χ0n) is 11.3. The summed E-state index contributed by atoms with van der Waals surface area (Å²) in [7, 11) is 1.51. The van der Waals surface area contributed by atoms with Crippen LogP contribution in [0.5, 0.6) is 5.75 Å². The van der Waals surface area contributed by atoms with Gasteiger partial charge < -0.3 is 19.5 Å². The molecule has 0 bridgehead atoms. The van der Waals surface area contributed by atoms with Crippen molar-refractivity contribution in [2.75, 3.05) is 33.4 Å². The van der Waals surface area contributed by atoms with Gasteiger partial charge in [0.1, 0.15) is 12.3 Å². The molecule has 1 aromatic carbocycles. The molecule has 0 aromatic heterocycles. The second-order valence-corrected chi connectivity index (χ2v) is 4.53. The topological polar surface area (TPSA) is 76.1 Å². The smallest absolute Gasteiger partial charge is 0.323 e. The Hall–Kier alpha value is -2.08. The second-order valence-electron chi connectivity index (χ2n) is 4.53. The molecule has 1 amide bonds. The Kier molecular flexibility index (Phi) is 4.57. The van der Waals surface area contributed by atoms with Gasteiger partial charge in [0.25, 0.3) is 5.91 Å². The molecule has 108 valence electrons. The van der Waals surface area contributed by atoms with E-state index in [1.807, 2.05) is 0 Å². The third-order valence-electron chi connectivity index (χ3n) is 3.12. The summed E-state index contributed by atoms with van der Waals surface area (Å²) in [6.07, 6.45) is 0.771. The van der Waals surface area contributed by atoms with Crippen LogP contribution in [0.1, 0.15) is 15.9 Å². The lowest BCUT2D eigenvalue weighted by Gasteiger charge is -2.20. The van der Waals surface area contributed by atoms with Gasteiger partial charge in [0.2, 0.25) is 0 Å². The van der Waals surface area contributed by atoms with Gasteiger partial charge in [-0.25, -0.2) is 0 Å². The van der Waals surface area contributed by atoms with E-state index in [-0.39, 0.29) is 19.0 Å². The Morgan fingerprint density at radius 2 is 2.25 bits per heavy atom. The van der Waals surface area contributed by atoms with Gasteiger partial charge in [-0.3, -0.25) is 9.59 Å². The summed E-state index contributed by atoms with van der Waals surface area (Å²) in [6.45, 7) is 0.827. The lowest BCUT2D eigenvalue weighted by atomic mass is 10.1. The van der Waals surface area contributed by atoms with Crippen molar-refractivity contribution >= 4 is 11.9 Å². The van der Waals surface area contributed by atoms with Crippen LogP contribution in [0.4, 0.5) is 0 Å². The van der Waals surface area contributed by atoms with E-state index in [0.717, 1.165) is 17.7 Å². The molecule has 6 nitrogen and oxygen atoms in total. The predicted molar refractivity (Wildman–Crippen MR) is 71.1 cm³/mol. The number of hydrogen-bond donors (Lipinski definition) is 1. The Morgan fingerprint density at radius 3 is 2.95 bits per heavy atom. The van der Waals surface area contributed by atoms with Crippen LogP contribution >= 0.6 is 0 Å². The fourth-order valence-electron chi connectivity index (χ4n) is 2.12. The highest BCUT2D eigenvalue weighted by Gasteiger charge is 2.21. The zero-order chi connectivity index (χ0) is 14.5. The molecular weight excluding hydrogens is 262 g/mol. The van der Waals surface area contributed by atoms with Crippen LogP contribution in [-0.2, 0) is 16.0 Å². The molecule has 1 aromatic rings. The van der Waals surface area contributed by atoms with E-state index in [1.54, 1.807) is 18.2 Å². The Labute approximate surface area is 116 Å². The molecule has 2 rings (SSSR count). The minimum atomic E-state index is -1.04. The number of carboxylic acids is 1. The number of fused-ring (bicyclic) bond motifs is 1. The van der Waals surface area contributed by atoms with Crippen LogP contribution in [0.25, 0.3) is 0 Å². The van der Waals surface area contributed by atoms with Crippen molar-refractivity contribution in [3.63, 3.8) is 0 Å². The van der Waals surface area contributed by atoms with Crippen molar-refractivity contribution in [1.82, 2.24) is 4.90 Å². The quantitative estimate of drug-likeness (QED) is 0.833. The van der Waals surface area contributed by atoms with Crippen LogP contribution in [0.3, 0.4) is 0 Å². The molecule has 0 fully saturated rings. The lowest BCUT2D eigenvalue weighted by molar-refractivity contribution is -0.137. The number of amides is 1. The molecule has 0 saturated carbocycles. The molecule has 0 spiro atoms. The van der Waals surface area contributed by atoms with Crippen molar-refractivity contribution in [2.24, 2.45) is 0 Å². The molecule has 0 saturated heterocycles. The fourth-order valence-corrected chi connectivity index (χ4v) is 2.12. The molecule has 1 heterocycles. The number of nitrogens with zero attached hydrogens (tertiary/aromatic N) is 1. The number of rotatable bonds is 6.